The number of methoxy groups -OCH3 is 1. The molecule has 8 nitrogen and oxygen atoms in total. The minimum Gasteiger partial charge on any atom is -0.496 e. The van der Waals surface area contributed by atoms with Gasteiger partial charge in [-0.2, -0.15) is 0 Å². The van der Waals surface area contributed by atoms with E-state index in [4.69, 9.17) is 4.74 Å². The van der Waals surface area contributed by atoms with Gasteiger partial charge in [-0.15, -0.1) is 10.2 Å². The van der Waals surface area contributed by atoms with Gasteiger partial charge in [0.1, 0.15) is 5.75 Å². The van der Waals surface area contributed by atoms with Crippen molar-refractivity contribution in [1.29, 1.82) is 0 Å². The fourth-order valence-corrected chi connectivity index (χ4v) is 3.95. The number of nitrogens with zero attached hydrogens (tertiary/aromatic N) is 3. The van der Waals surface area contributed by atoms with E-state index in [0.29, 0.717) is 11.4 Å². The van der Waals surface area contributed by atoms with Gasteiger partial charge in [-0.1, -0.05) is 12.1 Å². The summed E-state index contributed by atoms with van der Waals surface area (Å²) < 4.78 is 5.41. The lowest BCUT2D eigenvalue weighted by Gasteiger charge is -2.31. The second kappa shape index (κ2) is 10.1. The van der Waals surface area contributed by atoms with Crippen LogP contribution in [-0.2, 0) is 9.59 Å². The summed E-state index contributed by atoms with van der Waals surface area (Å²) in [7, 11) is 1.64. The first-order valence-electron chi connectivity index (χ1n) is 10.9. The van der Waals surface area contributed by atoms with Crippen LogP contribution in [0.2, 0.25) is 0 Å². The van der Waals surface area contributed by atoms with Crippen LogP contribution in [0.4, 0.5) is 17.2 Å². The lowest BCUT2D eigenvalue weighted by atomic mass is 9.95. The number of carbonyl (C=O) groups is 2. The molecule has 0 bridgehead atoms. The van der Waals surface area contributed by atoms with Crippen molar-refractivity contribution >= 4 is 29.0 Å². The molecular formula is C25H27N5O3. The summed E-state index contributed by atoms with van der Waals surface area (Å²) in [5, 5.41) is 14.5. The fraction of sp³-hybridized carbons (Fsp3) is 0.280. The van der Waals surface area contributed by atoms with Gasteiger partial charge in [0.15, 0.2) is 5.82 Å². The van der Waals surface area contributed by atoms with E-state index in [1.54, 1.807) is 31.4 Å². The summed E-state index contributed by atoms with van der Waals surface area (Å²) in [6.45, 7) is 2.94. The number of amides is 2. The van der Waals surface area contributed by atoms with Crippen LogP contribution in [0.25, 0.3) is 11.3 Å². The number of benzene rings is 2. The molecule has 33 heavy (non-hydrogen) atoms. The molecule has 0 atom stereocenters. The van der Waals surface area contributed by atoms with Crippen molar-refractivity contribution in [3.63, 3.8) is 0 Å². The van der Waals surface area contributed by atoms with Crippen LogP contribution in [-0.4, -0.2) is 42.2 Å². The molecule has 8 heteroatoms. The molecule has 2 N–H and O–H groups in total. The number of hydrogen-bond donors (Lipinski definition) is 2. The number of piperidine rings is 1. The van der Waals surface area contributed by atoms with Gasteiger partial charge in [0, 0.05) is 42.9 Å². The van der Waals surface area contributed by atoms with Crippen LogP contribution >= 0.6 is 0 Å². The van der Waals surface area contributed by atoms with Gasteiger partial charge in [0.2, 0.25) is 11.8 Å². The Morgan fingerprint density at radius 1 is 0.909 bits per heavy atom. The molecule has 0 radical (unpaired) electrons. The van der Waals surface area contributed by atoms with Gasteiger partial charge < -0.3 is 20.3 Å². The zero-order valence-corrected chi connectivity index (χ0v) is 18.7. The van der Waals surface area contributed by atoms with E-state index in [0.717, 1.165) is 48.8 Å². The maximum atomic E-state index is 12.7. The highest BCUT2D eigenvalue weighted by molar-refractivity contribution is 5.93. The third kappa shape index (κ3) is 5.46. The van der Waals surface area contributed by atoms with Gasteiger partial charge in [0.05, 0.1) is 12.8 Å². The zero-order valence-electron chi connectivity index (χ0n) is 18.7. The third-order valence-electron chi connectivity index (χ3n) is 5.70. The molecular weight excluding hydrogens is 418 g/mol. The zero-order chi connectivity index (χ0) is 23.2. The number of rotatable bonds is 6. The largest absolute Gasteiger partial charge is 0.496 e. The predicted octanol–water partition coefficient (Wildman–Crippen LogP) is 3.97. The van der Waals surface area contributed by atoms with Crippen LogP contribution < -0.4 is 20.3 Å². The summed E-state index contributed by atoms with van der Waals surface area (Å²) >= 11 is 0. The molecule has 0 saturated carbocycles. The van der Waals surface area contributed by atoms with Crippen LogP contribution in [0.15, 0.2) is 60.7 Å². The van der Waals surface area contributed by atoms with E-state index < -0.39 is 0 Å². The second-order valence-corrected chi connectivity index (χ2v) is 7.99. The van der Waals surface area contributed by atoms with Gasteiger partial charge >= 0.3 is 0 Å². The number of nitrogens with one attached hydrogen (secondary N) is 2. The van der Waals surface area contributed by atoms with Crippen molar-refractivity contribution in [3.8, 4) is 17.0 Å². The minimum absolute atomic E-state index is 0.0135. The quantitative estimate of drug-likeness (QED) is 0.596. The first-order valence-corrected chi connectivity index (χ1v) is 10.9. The molecule has 0 aliphatic carbocycles. The molecule has 1 fully saturated rings. The second-order valence-electron chi connectivity index (χ2n) is 7.99. The first-order chi connectivity index (χ1) is 16.0. The minimum atomic E-state index is -0.127. The van der Waals surface area contributed by atoms with Gasteiger partial charge in [0.25, 0.3) is 0 Å². The molecule has 1 aromatic heterocycles. The number of ether oxygens (including phenoxy) is 1. The summed E-state index contributed by atoms with van der Waals surface area (Å²) in [6.07, 6.45) is 1.48. The summed E-state index contributed by atoms with van der Waals surface area (Å²) in [5.41, 5.74) is 3.08. The summed E-state index contributed by atoms with van der Waals surface area (Å²) in [4.78, 5) is 26.0. The van der Waals surface area contributed by atoms with Gasteiger partial charge in [-0.25, -0.2) is 0 Å². The number of aromatic nitrogens is 2. The van der Waals surface area contributed by atoms with Crippen molar-refractivity contribution in [2.45, 2.75) is 19.8 Å². The highest BCUT2D eigenvalue weighted by atomic mass is 16.5. The molecule has 3 aromatic rings. The normalized spacial score (nSPS) is 13.9. The number of hydrogen-bond acceptors (Lipinski definition) is 6. The first kappa shape index (κ1) is 22.3. The Hall–Kier alpha value is -3.94. The van der Waals surface area contributed by atoms with Crippen LogP contribution in [0.1, 0.15) is 19.8 Å². The summed E-state index contributed by atoms with van der Waals surface area (Å²) in [6, 6.07) is 18.8. The standard InChI is InChI=1S/C25H27N5O3/c1-17(31)26-19-7-9-20(10-8-19)27-25(32)18-13-15-30(16-14-18)24-12-11-22(28-29-24)21-5-3-4-6-23(21)33-2/h3-12,18H,13-16H2,1-2H3,(H,26,31)(H,27,32). The van der Waals surface area contributed by atoms with Crippen molar-refractivity contribution in [2.75, 3.05) is 35.7 Å². The average molecular weight is 446 g/mol. The molecule has 1 saturated heterocycles. The van der Waals surface area contributed by atoms with Crippen LogP contribution in [0.3, 0.4) is 0 Å². The fourth-order valence-electron chi connectivity index (χ4n) is 3.95. The molecule has 1 aliphatic heterocycles. The maximum Gasteiger partial charge on any atom is 0.227 e. The monoisotopic (exact) mass is 445 g/mol. The molecule has 2 aromatic carbocycles. The Balaban J connectivity index is 1.32. The highest BCUT2D eigenvalue weighted by Gasteiger charge is 2.26. The maximum absolute atomic E-state index is 12.7. The third-order valence-corrected chi connectivity index (χ3v) is 5.70. The van der Waals surface area contributed by atoms with E-state index in [2.05, 4.69) is 25.7 Å². The average Bonchev–Trinajstić information content (AvgIpc) is 2.85. The van der Waals surface area contributed by atoms with Crippen molar-refractivity contribution in [1.82, 2.24) is 10.2 Å². The van der Waals surface area contributed by atoms with E-state index >= 15 is 0 Å². The Morgan fingerprint density at radius 3 is 2.18 bits per heavy atom. The van der Waals surface area contributed by atoms with Crippen LogP contribution in [0, 0.1) is 5.92 Å². The van der Waals surface area contributed by atoms with E-state index in [-0.39, 0.29) is 17.7 Å². The summed E-state index contributed by atoms with van der Waals surface area (Å²) in [5.74, 6) is 1.39. The molecule has 0 spiro atoms. The van der Waals surface area contributed by atoms with Crippen molar-refractivity contribution in [3.05, 3.63) is 60.7 Å². The number of para-hydroxylation sites is 1. The molecule has 170 valence electrons. The lowest BCUT2D eigenvalue weighted by molar-refractivity contribution is -0.120. The highest BCUT2D eigenvalue weighted by Crippen LogP contribution is 2.29. The lowest BCUT2D eigenvalue weighted by Crippen LogP contribution is -2.38. The molecule has 0 unspecified atom stereocenters. The van der Waals surface area contributed by atoms with E-state index in [1.807, 2.05) is 36.4 Å². The topological polar surface area (TPSA) is 96.5 Å². The Kier molecular flexibility index (Phi) is 6.83. The Labute approximate surface area is 193 Å². The Morgan fingerprint density at radius 2 is 1.58 bits per heavy atom. The Bertz CT molecular complexity index is 1110. The van der Waals surface area contributed by atoms with E-state index in [1.165, 1.54) is 6.92 Å². The van der Waals surface area contributed by atoms with E-state index in [9.17, 15) is 9.59 Å². The van der Waals surface area contributed by atoms with Gasteiger partial charge in [-0.05, 0) is 61.4 Å². The molecule has 1 aliphatic rings. The number of carbonyl (C=O) groups excluding carboxylic acids is 2. The van der Waals surface area contributed by atoms with Crippen molar-refractivity contribution in [2.24, 2.45) is 5.92 Å². The predicted molar refractivity (Wildman–Crippen MR) is 128 cm³/mol. The molecule has 2 heterocycles. The molecule has 2 amide bonds. The van der Waals surface area contributed by atoms with Crippen molar-refractivity contribution < 1.29 is 14.3 Å². The van der Waals surface area contributed by atoms with Gasteiger partial charge in [-0.3, -0.25) is 9.59 Å². The number of anilines is 3. The van der Waals surface area contributed by atoms with Crippen LogP contribution in [0.5, 0.6) is 5.75 Å². The SMILES string of the molecule is COc1ccccc1-c1ccc(N2CCC(C(=O)Nc3ccc(NC(C)=O)cc3)CC2)nn1. The smallest absolute Gasteiger partial charge is 0.227 e. The molecule has 4 rings (SSSR count).